The Balaban J connectivity index is 1.66. The van der Waals surface area contributed by atoms with Crippen molar-refractivity contribution in [2.45, 2.75) is 58.5 Å². The zero-order chi connectivity index (χ0) is 17.8. The molecule has 1 fully saturated rings. The van der Waals surface area contributed by atoms with Gasteiger partial charge in [0.15, 0.2) is 0 Å². The topological polar surface area (TPSA) is 79.2 Å². The second-order valence-corrected chi connectivity index (χ2v) is 8.25. The molecule has 1 aliphatic carbocycles. The molecule has 0 spiro atoms. The number of hydrogen-bond donors (Lipinski definition) is 3. The van der Waals surface area contributed by atoms with Gasteiger partial charge in [0, 0.05) is 26.3 Å². The number of carbonyl (C=O) groups is 1. The van der Waals surface area contributed by atoms with Crippen LogP contribution in [0, 0.1) is 11.3 Å². The molecule has 2 amide bonds. The van der Waals surface area contributed by atoms with Crippen molar-refractivity contribution in [3.05, 3.63) is 18.0 Å². The number of hydrogen-bond acceptors (Lipinski definition) is 3. The number of nitrogens with one attached hydrogen (secondary N) is 2. The first kappa shape index (κ1) is 18.8. The van der Waals surface area contributed by atoms with E-state index in [0.29, 0.717) is 24.4 Å². The Morgan fingerprint density at radius 3 is 2.58 bits per heavy atom. The van der Waals surface area contributed by atoms with E-state index in [1.807, 2.05) is 13.2 Å². The number of rotatable bonds is 5. The Labute approximate surface area is 145 Å². The summed E-state index contributed by atoms with van der Waals surface area (Å²) in [6, 6.07) is -0.217. The van der Waals surface area contributed by atoms with Crippen LogP contribution in [0.25, 0.3) is 0 Å². The SMILES string of the molecule is Cn1cc(CCNC(=O)NCC2(O)CCC(C(C)(C)C)CC2)cn1. The summed E-state index contributed by atoms with van der Waals surface area (Å²) < 4.78 is 1.75. The average molecular weight is 336 g/mol. The van der Waals surface area contributed by atoms with Crippen LogP contribution in [-0.4, -0.2) is 39.6 Å². The highest BCUT2D eigenvalue weighted by Gasteiger charge is 2.37. The van der Waals surface area contributed by atoms with E-state index in [1.165, 1.54) is 0 Å². The van der Waals surface area contributed by atoms with E-state index in [0.717, 1.165) is 37.7 Å². The number of carbonyl (C=O) groups excluding carboxylic acids is 1. The Bertz CT molecular complexity index is 539. The van der Waals surface area contributed by atoms with Crippen LogP contribution < -0.4 is 10.6 Å². The van der Waals surface area contributed by atoms with Crippen LogP contribution in [-0.2, 0) is 13.5 Å². The summed E-state index contributed by atoms with van der Waals surface area (Å²) >= 11 is 0. The molecule has 24 heavy (non-hydrogen) atoms. The van der Waals surface area contributed by atoms with Gasteiger partial charge in [-0.05, 0) is 49.0 Å². The number of urea groups is 1. The van der Waals surface area contributed by atoms with E-state index in [9.17, 15) is 9.90 Å². The molecule has 0 radical (unpaired) electrons. The molecule has 0 saturated heterocycles. The molecular weight excluding hydrogens is 304 g/mol. The van der Waals surface area contributed by atoms with Crippen molar-refractivity contribution < 1.29 is 9.90 Å². The molecule has 0 unspecified atom stereocenters. The first-order valence-corrected chi connectivity index (χ1v) is 8.90. The van der Waals surface area contributed by atoms with Gasteiger partial charge in [-0.3, -0.25) is 4.68 Å². The summed E-state index contributed by atoms with van der Waals surface area (Å²) in [5.41, 5.74) is 0.623. The van der Waals surface area contributed by atoms with Gasteiger partial charge in [0.25, 0.3) is 0 Å². The minimum atomic E-state index is -0.761. The number of aromatic nitrogens is 2. The molecule has 0 bridgehead atoms. The molecule has 0 aliphatic heterocycles. The Morgan fingerprint density at radius 2 is 2.04 bits per heavy atom. The summed E-state index contributed by atoms with van der Waals surface area (Å²) in [4.78, 5) is 11.9. The van der Waals surface area contributed by atoms with Crippen LogP contribution >= 0.6 is 0 Å². The minimum Gasteiger partial charge on any atom is -0.388 e. The van der Waals surface area contributed by atoms with Crippen molar-refractivity contribution in [1.29, 1.82) is 0 Å². The van der Waals surface area contributed by atoms with Gasteiger partial charge in [0.1, 0.15) is 0 Å². The third kappa shape index (κ3) is 5.51. The zero-order valence-electron chi connectivity index (χ0n) is 15.4. The molecule has 136 valence electrons. The first-order chi connectivity index (χ1) is 11.2. The van der Waals surface area contributed by atoms with Crippen LogP contribution in [0.1, 0.15) is 52.0 Å². The van der Waals surface area contributed by atoms with Gasteiger partial charge in [-0.1, -0.05) is 20.8 Å². The maximum absolute atomic E-state index is 11.9. The van der Waals surface area contributed by atoms with Gasteiger partial charge in [0.2, 0.25) is 0 Å². The van der Waals surface area contributed by atoms with E-state index in [2.05, 4.69) is 36.5 Å². The van der Waals surface area contributed by atoms with Gasteiger partial charge in [-0.15, -0.1) is 0 Å². The molecule has 0 atom stereocenters. The van der Waals surface area contributed by atoms with E-state index in [4.69, 9.17) is 0 Å². The van der Waals surface area contributed by atoms with E-state index in [1.54, 1.807) is 10.9 Å². The second-order valence-electron chi connectivity index (χ2n) is 8.25. The highest BCUT2D eigenvalue weighted by Crippen LogP contribution is 2.41. The molecule has 1 aromatic rings. The summed E-state index contributed by atoms with van der Waals surface area (Å²) in [5, 5.41) is 20.4. The Morgan fingerprint density at radius 1 is 1.38 bits per heavy atom. The first-order valence-electron chi connectivity index (χ1n) is 8.90. The fourth-order valence-electron chi connectivity index (χ4n) is 3.43. The molecule has 1 heterocycles. The van der Waals surface area contributed by atoms with Crippen molar-refractivity contribution in [2.75, 3.05) is 13.1 Å². The predicted molar refractivity (Wildman–Crippen MR) is 94.7 cm³/mol. The van der Waals surface area contributed by atoms with Crippen LogP contribution in [0.3, 0.4) is 0 Å². The van der Waals surface area contributed by atoms with Gasteiger partial charge >= 0.3 is 6.03 Å². The Kier molecular flexibility index (Phi) is 5.91. The van der Waals surface area contributed by atoms with E-state index < -0.39 is 5.60 Å². The van der Waals surface area contributed by atoms with Crippen molar-refractivity contribution in [2.24, 2.45) is 18.4 Å². The molecule has 6 heteroatoms. The van der Waals surface area contributed by atoms with Crippen molar-refractivity contribution in [3.63, 3.8) is 0 Å². The van der Waals surface area contributed by atoms with Crippen LogP contribution in [0.5, 0.6) is 0 Å². The molecule has 6 nitrogen and oxygen atoms in total. The van der Waals surface area contributed by atoms with Gasteiger partial charge < -0.3 is 15.7 Å². The predicted octanol–water partition coefficient (Wildman–Crippen LogP) is 2.23. The lowest BCUT2D eigenvalue weighted by Crippen LogP contribution is -2.49. The third-order valence-corrected chi connectivity index (χ3v) is 5.18. The fourth-order valence-corrected chi connectivity index (χ4v) is 3.43. The number of aliphatic hydroxyl groups is 1. The van der Waals surface area contributed by atoms with Crippen molar-refractivity contribution in [3.8, 4) is 0 Å². The number of nitrogens with zero attached hydrogens (tertiary/aromatic N) is 2. The van der Waals surface area contributed by atoms with E-state index in [-0.39, 0.29) is 6.03 Å². The molecule has 1 aliphatic rings. The highest BCUT2D eigenvalue weighted by molar-refractivity contribution is 5.73. The van der Waals surface area contributed by atoms with Crippen molar-refractivity contribution in [1.82, 2.24) is 20.4 Å². The molecular formula is C18H32N4O2. The standard InChI is InChI=1S/C18H32N4O2/c1-17(2,3)15-5-8-18(24,9-6-15)13-20-16(23)19-10-7-14-11-21-22(4)12-14/h11-12,15,24H,5-10,13H2,1-4H3,(H2,19,20,23). The summed E-state index contributed by atoms with van der Waals surface area (Å²) in [6.07, 6.45) is 8.04. The average Bonchev–Trinajstić information content (AvgIpc) is 2.90. The highest BCUT2D eigenvalue weighted by atomic mass is 16.3. The molecule has 0 aromatic carbocycles. The largest absolute Gasteiger partial charge is 0.388 e. The number of aryl methyl sites for hydroxylation is 1. The molecule has 1 aromatic heterocycles. The van der Waals surface area contributed by atoms with Crippen LogP contribution in [0.2, 0.25) is 0 Å². The quantitative estimate of drug-likeness (QED) is 0.771. The lowest BCUT2D eigenvalue weighted by atomic mass is 9.68. The van der Waals surface area contributed by atoms with Gasteiger partial charge in [-0.2, -0.15) is 5.10 Å². The maximum Gasteiger partial charge on any atom is 0.314 e. The van der Waals surface area contributed by atoms with Crippen LogP contribution in [0.15, 0.2) is 12.4 Å². The molecule has 3 N–H and O–H groups in total. The number of amides is 2. The second kappa shape index (κ2) is 7.55. The molecule has 1 saturated carbocycles. The molecule has 2 rings (SSSR count). The van der Waals surface area contributed by atoms with Gasteiger partial charge in [-0.25, -0.2) is 4.79 Å². The van der Waals surface area contributed by atoms with Crippen molar-refractivity contribution >= 4 is 6.03 Å². The van der Waals surface area contributed by atoms with Crippen LogP contribution in [0.4, 0.5) is 4.79 Å². The zero-order valence-corrected chi connectivity index (χ0v) is 15.4. The fraction of sp³-hybridized carbons (Fsp3) is 0.778. The lowest BCUT2D eigenvalue weighted by molar-refractivity contribution is -0.0218. The Hall–Kier alpha value is -1.56. The lowest BCUT2D eigenvalue weighted by Gasteiger charge is -2.41. The monoisotopic (exact) mass is 336 g/mol. The summed E-state index contributed by atoms with van der Waals surface area (Å²) in [5.74, 6) is 0.645. The summed E-state index contributed by atoms with van der Waals surface area (Å²) in [6.45, 7) is 7.66. The normalized spacial score (nSPS) is 24.6. The minimum absolute atomic E-state index is 0.217. The smallest absolute Gasteiger partial charge is 0.314 e. The van der Waals surface area contributed by atoms with E-state index >= 15 is 0 Å². The third-order valence-electron chi connectivity index (χ3n) is 5.18. The maximum atomic E-state index is 11.9. The van der Waals surface area contributed by atoms with Gasteiger partial charge in [0.05, 0.1) is 11.8 Å². The summed E-state index contributed by atoms with van der Waals surface area (Å²) in [7, 11) is 1.87.